The van der Waals surface area contributed by atoms with Gasteiger partial charge in [-0.05, 0) is 49.1 Å². The molecule has 1 aliphatic rings. The predicted octanol–water partition coefficient (Wildman–Crippen LogP) is 5.64. The van der Waals surface area contributed by atoms with Crippen LogP contribution in [0.5, 0.6) is 11.5 Å². The molecule has 1 saturated carbocycles. The summed E-state index contributed by atoms with van der Waals surface area (Å²) >= 11 is 12.3. The van der Waals surface area contributed by atoms with Crippen LogP contribution in [0.2, 0.25) is 10.0 Å². The third kappa shape index (κ3) is 7.03. The van der Waals surface area contributed by atoms with Crippen molar-refractivity contribution in [2.45, 2.75) is 64.1 Å². The lowest BCUT2D eigenvalue weighted by Gasteiger charge is -2.32. The zero-order valence-electron chi connectivity index (χ0n) is 19.7. The Morgan fingerprint density at radius 1 is 1.06 bits per heavy atom. The van der Waals surface area contributed by atoms with E-state index in [2.05, 4.69) is 5.32 Å². The molecule has 1 N–H and O–H groups in total. The number of nitrogens with one attached hydrogen (secondary N) is 1. The number of hydrogen-bond acceptors (Lipinski definition) is 4. The minimum atomic E-state index is -0.634. The van der Waals surface area contributed by atoms with E-state index in [0.717, 1.165) is 31.2 Å². The van der Waals surface area contributed by atoms with Gasteiger partial charge < -0.3 is 19.7 Å². The first kappa shape index (κ1) is 26.2. The van der Waals surface area contributed by atoms with Crippen LogP contribution >= 0.6 is 23.2 Å². The summed E-state index contributed by atoms with van der Waals surface area (Å²) in [5, 5.41) is 4.00. The average molecular weight is 507 g/mol. The Balaban J connectivity index is 1.79. The number of para-hydroxylation sites is 2. The van der Waals surface area contributed by atoms with Crippen molar-refractivity contribution < 1.29 is 19.1 Å². The minimum absolute atomic E-state index is 0.139. The first-order chi connectivity index (χ1) is 16.4. The number of hydrogen-bond donors (Lipinski definition) is 1. The van der Waals surface area contributed by atoms with Gasteiger partial charge in [-0.15, -0.1) is 0 Å². The lowest BCUT2D eigenvalue weighted by Crippen LogP contribution is -2.52. The highest BCUT2D eigenvalue weighted by atomic mass is 35.5. The fraction of sp³-hybridized carbons (Fsp3) is 0.462. The number of rotatable bonds is 10. The first-order valence-electron chi connectivity index (χ1n) is 11.7. The minimum Gasteiger partial charge on any atom is -0.493 e. The van der Waals surface area contributed by atoms with E-state index in [-0.39, 0.29) is 31.0 Å². The molecular formula is C26H32Cl2N2O4. The fourth-order valence-corrected chi connectivity index (χ4v) is 4.58. The van der Waals surface area contributed by atoms with Gasteiger partial charge in [-0.1, -0.05) is 67.6 Å². The third-order valence-electron chi connectivity index (χ3n) is 6.09. The zero-order valence-corrected chi connectivity index (χ0v) is 21.2. The van der Waals surface area contributed by atoms with Gasteiger partial charge in [0.15, 0.2) is 18.1 Å². The zero-order chi connectivity index (χ0) is 24.5. The summed E-state index contributed by atoms with van der Waals surface area (Å²) in [6.45, 7) is 1.89. The van der Waals surface area contributed by atoms with Gasteiger partial charge >= 0.3 is 0 Å². The van der Waals surface area contributed by atoms with E-state index >= 15 is 0 Å². The normalized spacial score (nSPS) is 14.8. The van der Waals surface area contributed by atoms with E-state index in [9.17, 15) is 9.59 Å². The van der Waals surface area contributed by atoms with E-state index in [0.29, 0.717) is 28.0 Å². The lowest BCUT2D eigenvalue weighted by molar-refractivity contribution is -0.143. The van der Waals surface area contributed by atoms with Crippen molar-refractivity contribution in [3.63, 3.8) is 0 Å². The molecule has 0 saturated heterocycles. The topological polar surface area (TPSA) is 67.9 Å². The van der Waals surface area contributed by atoms with Crippen LogP contribution < -0.4 is 14.8 Å². The molecule has 1 fully saturated rings. The van der Waals surface area contributed by atoms with Gasteiger partial charge in [0.25, 0.3) is 5.91 Å². The van der Waals surface area contributed by atoms with Crippen molar-refractivity contribution in [2.75, 3.05) is 13.7 Å². The van der Waals surface area contributed by atoms with E-state index in [1.807, 2.05) is 19.1 Å². The van der Waals surface area contributed by atoms with Crippen LogP contribution in [0.4, 0.5) is 0 Å². The number of carbonyl (C=O) groups excluding carboxylic acids is 2. The monoisotopic (exact) mass is 506 g/mol. The molecule has 0 unspecified atom stereocenters. The Morgan fingerprint density at radius 3 is 2.41 bits per heavy atom. The second-order valence-corrected chi connectivity index (χ2v) is 9.29. The smallest absolute Gasteiger partial charge is 0.261 e. The number of amides is 2. The first-order valence-corrected chi connectivity index (χ1v) is 12.5. The highest BCUT2D eigenvalue weighted by molar-refractivity contribution is 6.42. The maximum absolute atomic E-state index is 13.4. The standard InChI is InChI=1S/C26H32Cl2N2O4/c1-3-22(26(32)29-19-9-5-4-6-10-19)30(16-18-13-14-20(27)21(28)15-18)25(31)17-34-24-12-8-7-11-23(24)33-2/h7-8,11-15,19,22H,3-6,9-10,16-17H2,1-2H3,(H,29,32)/t22-/m0/s1. The maximum atomic E-state index is 13.4. The molecule has 0 spiro atoms. The van der Waals surface area contributed by atoms with Crippen LogP contribution in [0.3, 0.4) is 0 Å². The molecule has 0 aromatic heterocycles. The SMILES string of the molecule is CC[C@@H](C(=O)NC1CCCCC1)N(Cc1ccc(Cl)c(Cl)c1)C(=O)COc1ccccc1OC. The van der Waals surface area contributed by atoms with E-state index in [1.54, 1.807) is 42.3 Å². The molecule has 2 amide bonds. The summed E-state index contributed by atoms with van der Waals surface area (Å²) in [7, 11) is 1.54. The van der Waals surface area contributed by atoms with Crippen LogP contribution in [0.1, 0.15) is 51.0 Å². The number of ether oxygens (including phenoxy) is 2. The van der Waals surface area contributed by atoms with Crippen LogP contribution in [0.15, 0.2) is 42.5 Å². The molecule has 0 bridgehead atoms. The summed E-state index contributed by atoms with van der Waals surface area (Å²) in [5.74, 6) is 0.559. The molecule has 8 heteroatoms. The molecule has 0 radical (unpaired) electrons. The molecule has 34 heavy (non-hydrogen) atoms. The molecule has 2 aromatic carbocycles. The average Bonchev–Trinajstić information content (AvgIpc) is 2.85. The highest BCUT2D eigenvalue weighted by Crippen LogP contribution is 2.27. The number of methoxy groups -OCH3 is 1. The maximum Gasteiger partial charge on any atom is 0.261 e. The number of benzene rings is 2. The Morgan fingerprint density at radius 2 is 1.76 bits per heavy atom. The van der Waals surface area contributed by atoms with Gasteiger partial charge in [0, 0.05) is 12.6 Å². The lowest BCUT2D eigenvalue weighted by atomic mass is 9.95. The second-order valence-electron chi connectivity index (χ2n) is 8.48. The molecule has 2 aromatic rings. The summed E-state index contributed by atoms with van der Waals surface area (Å²) in [4.78, 5) is 28.2. The van der Waals surface area contributed by atoms with Gasteiger partial charge in [0.05, 0.1) is 17.2 Å². The third-order valence-corrected chi connectivity index (χ3v) is 6.83. The number of carbonyl (C=O) groups is 2. The molecule has 0 aliphatic heterocycles. The Bertz CT molecular complexity index is 979. The molecule has 184 valence electrons. The summed E-state index contributed by atoms with van der Waals surface area (Å²) in [6.07, 6.45) is 5.84. The van der Waals surface area contributed by atoms with Crippen molar-refractivity contribution in [3.05, 3.63) is 58.1 Å². The summed E-state index contributed by atoms with van der Waals surface area (Å²) < 4.78 is 11.1. The van der Waals surface area contributed by atoms with Crippen molar-refractivity contribution >= 4 is 35.0 Å². The van der Waals surface area contributed by atoms with Crippen molar-refractivity contribution in [1.82, 2.24) is 10.2 Å². The fourth-order valence-electron chi connectivity index (χ4n) is 4.26. The van der Waals surface area contributed by atoms with Crippen LogP contribution in [0.25, 0.3) is 0 Å². The number of nitrogens with zero attached hydrogens (tertiary/aromatic N) is 1. The Kier molecular flexibility index (Phi) is 9.90. The Labute approximate surface area is 211 Å². The highest BCUT2D eigenvalue weighted by Gasteiger charge is 2.30. The van der Waals surface area contributed by atoms with Gasteiger partial charge in [0.1, 0.15) is 6.04 Å². The summed E-state index contributed by atoms with van der Waals surface area (Å²) in [5.41, 5.74) is 0.781. The second kappa shape index (κ2) is 12.9. The van der Waals surface area contributed by atoms with Crippen molar-refractivity contribution in [3.8, 4) is 11.5 Å². The summed E-state index contributed by atoms with van der Waals surface area (Å²) in [6, 6.07) is 11.9. The largest absolute Gasteiger partial charge is 0.493 e. The molecular weight excluding hydrogens is 475 g/mol. The predicted molar refractivity (Wildman–Crippen MR) is 135 cm³/mol. The van der Waals surface area contributed by atoms with Gasteiger partial charge in [-0.25, -0.2) is 0 Å². The molecule has 6 nitrogen and oxygen atoms in total. The Hall–Kier alpha value is -2.44. The van der Waals surface area contributed by atoms with Crippen molar-refractivity contribution in [2.24, 2.45) is 0 Å². The van der Waals surface area contributed by atoms with Crippen LogP contribution in [-0.2, 0) is 16.1 Å². The van der Waals surface area contributed by atoms with E-state index < -0.39 is 6.04 Å². The quantitative estimate of drug-likeness (QED) is 0.452. The van der Waals surface area contributed by atoms with Crippen LogP contribution in [0, 0.1) is 0 Å². The molecule has 3 rings (SSSR count). The van der Waals surface area contributed by atoms with Crippen LogP contribution in [-0.4, -0.2) is 42.5 Å². The van der Waals surface area contributed by atoms with Gasteiger partial charge in [-0.3, -0.25) is 9.59 Å². The number of halogens is 2. The van der Waals surface area contributed by atoms with Gasteiger partial charge in [0.2, 0.25) is 5.91 Å². The van der Waals surface area contributed by atoms with E-state index in [1.165, 1.54) is 6.42 Å². The molecule has 1 atom stereocenters. The molecule has 1 aliphatic carbocycles. The van der Waals surface area contributed by atoms with Gasteiger partial charge in [-0.2, -0.15) is 0 Å². The molecule has 0 heterocycles. The van der Waals surface area contributed by atoms with Crippen molar-refractivity contribution in [1.29, 1.82) is 0 Å². The van der Waals surface area contributed by atoms with E-state index in [4.69, 9.17) is 32.7 Å².